The van der Waals surface area contributed by atoms with Crippen LogP contribution in [0.5, 0.6) is 0 Å². The number of carbonyl (C=O) groups excluding carboxylic acids is 3. The van der Waals surface area contributed by atoms with Crippen molar-refractivity contribution in [3.8, 4) is 0 Å². The summed E-state index contributed by atoms with van der Waals surface area (Å²) in [5.41, 5.74) is 0.898. The highest BCUT2D eigenvalue weighted by Gasteiger charge is 2.33. The van der Waals surface area contributed by atoms with E-state index in [1.807, 2.05) is 6.92 Å². The zero-order valence-electron chi connectivity index (χ0n) is 14.7. The fourth-order valence-corrected chi connectivity index (χ4v) is 3.49. The number of nitrogens with zero attached hydrogens (tertiary/aromatic N) is 1. The summed E-state index contributed by atoms with van der Waals surface area (Å²) in [5.74, 6) is -1.58. The Labute approximate surface area is 151 Å². The lowest BCUT2D eigenvalue weighted by atomic mass is 10.2. The van der Waals surface area contributed by atoms with Crippen molar-refractivity contribution in [1.82, 2.24) is 14.9 Å². The van der Waals surface area contributed by atoms with E-state index < -0.39 is 40.1 Å². The maximum absolute atomic E-state index is 12.3. The molecule has 1 fully saturated rings. The highest BCUT2D eigenvalue weighted by atomic mass is 32.2. The number of carbonyl (C=O) groups is 3. The number of benzene rings is 1. The normalized spacial score (nSPS) is 16.7. The molecule has 1 aromatic carbocycles. The average molecular weight is 383 g/mol. The van der Waals surface area contributed by atoms with Crippen molar-refractivity contribution in [3.05, 3.63) is 29.8 Å². The Hall–Kier alpha value is -2.46. The fourth-order valence-electron chi connectivity index (χ4n) is 2.29. The van der Waals surface area contributed by atoms with Gasteiger partial charge >= 0.3 is 12.0 Å². The number of urea groups is 1. The van der Waals surface area contributed by atoms with Crippen molar-refractivity contribution in [3.63, 3.8) is 0 Å². The molecule has 3 amide bonds. The molecular weight excluding hydrogens is 362 g/mol. The average Bonchev–Trinajstić information content (AvgIpc) is 3.00. The second kappa shape index (κ2) is 7.83. The Morgan fingerprint density at radius 1 is 1.23 bits per heavy atom. The first-order valence-corrected chi connectivity index (χ1v) is 9.49. The Morgan fingerprint density at radius 3 is 2.38 bits per heavy atom. The first kappa shape index (κ1) is 19.9. The van der Waals surface area contributed by atoms with E-state index in [0.29, 0.717) is 6.54 Å². The summed E-state index contributed by atoms with van der Waals surface area (Å²) in [6, 6.07) is 4.37. The van der Waals surface area contributed by atoms with E-state index >= 15 is 0 Å². The molecule has 1 heterocycles. The van der Waals surface area contributed by atoms with E-state index in [1.54, 1.807) is 12.1 Å². The minimum Gasteiger partial charge on any atom is -0.451 e. The Kier molecular flexibility index (Phi) is 5.98. The van der Waals surface area contributed by atoms with Crippen LogP contribution in [0.4, 0.5) is 4.79 Å². The van der Waals surface area contributed by atoms with E-state index in [-0.39, 0.29) is 11.4 Å². The number of sulfonamides is 1. The minimum absolute atomic E-state index is 0.0145. The van der Waals surface area contributed by atoms with Crippen LogP contribution in [0.2, 0.25) is 0 Å². The Bertz CT molecular complexity index is 806. The molecule has 0 aliphatic carbocycles. The van der Waals surface area contributed by atoms with E-state index in [4.69, 9.17) is 4.74 Å². The minimum atomic E-state index is -3.91. The molecule has 0 unspecified atom stereocenters. The van der Waals surface area contributed by atoms with Gasteiger partial charge in [0, 0.05) is 13.1 Å². The number of nitrogens with one attached hydrogen (secondary N) is 2. The Morgan fingerprint density at radius 2 is 1.85 bits per heavy atom. The maximum Gasteiger partial charge on any atom is 0.324 e. The largest absolute Gasteiger partial charge is 0.451 e. The number of hydrogen-bond donors (Lipinski definition) is 2. The number of hydrogen-bond acceptors (Lipinski definition) is 6. The van der Waals surface area contributed by atoms with E-state index in [0.717, 1.165) is 10.5 Å². The summed E-state index contributed by atoms with van der Waals surface area (Å²) in [4.78, 5) is 36.6. The van der Waals surface area contributed by atoms with Crippen LogP contribution in [0.1, 0.15) is 19.4 Å². The van der Waals surface area contributed by atoms with Crippen LogP contribution < -0.4 is 10.0 Å². The number of amides is 3. The van der Waals surface area contributed by atoms with Gasteiger partial charge in [-0.15, -0.1) is 0 Å². The van der Waals surface area contributed by atoms with Gasteiger partial charge in [-0.25, -0.2) is 13.2 Å². The molecule has 26 heavy (non-hydrogen) atoms. The molecule has 1 saturated heterocycles. The van der Waals surface area contributed by atoms with Gasteiger partial charge in [0.05, 0.1) is 4.90 Å². The molecule has 0 aromatic heterocycles. The molecule has 0 radical (unpaired) electrons. The van der Waals surface area contributed by atoms with Gasteiger partial charge in [0.2, 0.25) is 10.0 Å². The van der Waals surface area contributed by atoms with Crippen LogP contribution in [-0.4, -0.2) is 56.5 Å². The third kappa shape index (κ3) is 4.58. The zero-order chi connectivity index (χ0) is 19.5. The number of esters is 1. The van der Waals surface area contributed by atoms with Gasteiger partial charge in [-0.1, -0.05) is 17.7 Å². The molecule has 2 rings (SSSR count). The lowest BCUT2D eigenvalue weighted by Crippen LogP contribution is -2.45. The third-order valence-corrected chi connectivity index (χ3v) is 5.34. The van der Waals surface area contributed by atoms with Crippen molar-refractivity contribution in [2.75, 3.05) is 13.1 Å². The molecule has 10 heteroatoms. The molecule has 2 N–H and O–H groups in total. The van der Waals surface area contributed by atoms with Crippen LogP contribution in [0.25, 0.3) is 0 Å². The van der Waals surface area contributed by atoms with Crippen molar-refractivity contribution in [1.29, 1.82) is 0 Å². The van der Waals surface area contributed by atoms with E-state index in [2.05, 4.69) is 10.0 Å². The standard InChI is InChI=1S/C16H21N3O6S/c1-10-4-6-13(7-5-10)26(23,24)18-11(2)15(21)25-12(3)14(20)19-9-8-17-16(19)22/h4-7,11-12,18H,8-9H2,1-3H3,(H,17,22)/t11-,12-/m0/s1. The van der Waals surface area contributed by atoms with Crippen LogP contribution in [0.15, 0.2) is 29.2 Å². The van der Waals surface area contributed by atoms with Gasteiger partial charge in [-0.3, -0.25) is 14.5 Å². The quantitative estimate of drug-likeness (QED) is 0.674. The molecule has 0 saturated carbocycles. The number of imide groups is 1. The summed E-state index contributed by atoms with van der Waals surface area (Å²) in [6.45, 7) is 4.98. The van der Waals surface area contributed by atoms with Gasteiger partial charge < -0.3 is 10.1 Å². The van der Waals surface area contributed by atoms with Gasteiger partial charge in [0.25, 0.3) is 5.91 Å². The second-order valence-electron chi connectivity index (χ2n) is 5.96. The molecule has 142 valence electrons. The summed E-state index contributed by atoms with van der Waals surface area (Å²) in [6.07, 6.45) is -1.21. The number of aryl methyl sites for hydroxylation is 1. The third-order valence-electron chi connectivity index (χ3n) is 3.78. The van der Waals surface area contributed by atoms with Gasteiger partial charge in [-0.05, 0) is 32.9 Å². The highest BCUT2D eigenvalue weighted by molar-refractivity contribution is 7.89. The lowest BCUT2D eigenvalue weighted by Gasteiger charge is -2.20. The van der Waals surface area contributed by atoms with Crippen LogP contribution in [0.3, 0.4) is 0 Å². The molecule has 2 atom stereocenters. The first-order valence-electron chi connectivity index (χ1n) is 8.00. The smallest absolute Gasteiger partial charge is 0.324 e. The SMILES string of the molecule is Cc1ccc(S(=O)(=O)N[C@@H](C)C(=O)O[C@@H](C)C(=O)N2CCNC2=O)cc1. The van der Waals surface area contributed by atoms with Crippen LogP contribution >= 0.6 is 0 Å². The topological polar surface area (TPSA) is 122 Å². The van der Waals surface area contributed by atoms with Gasteiger partial charge in [-0.2, -0.15) is 4.72 Å². The van der Waals surface area contributed by atoms with Crippen LogP contribution in [0, 0.1) is 6.92 Å². The van der Waals surface area contributed by atoms with Crippen molar-refractivity contribution in [2.24, 2.45) is 0 Å². The summed E-state index contributed by atoms with van der Waals surface area (Å²) < 4.78 is 31.8. The molecule has 0 bridgehead atoms. The first-order chi connectivity index (χ1) is 12.1. The fraction of sp³-hybridized carbons (Fsp3) is 0.438. The molecular formula is C16H21N3O6S. The zero-order valence-corrected chi connectivity index (χ0v) is 15.5. The van der Waals surface area contributed by atoms with E-state index in [1.165, 1.54) is 26.0 Å². The monoisotopic (exact) mass is 383 g/mol. The molecule has 1 aromatic rings. The van der Waals surface area contributed by atoms with Crippen molar-refractivity contribution < 1.29 is 27.5 Å². The summed E-state index contributed by atoms with van der Waals surface area (Å²) in [5, 5.41) is 2.47. The lowest BCUT2D eigenvalue weighted by molar-refractivity contribution is -0.158. The van der Waals surface area contributed by atoms with Crippen molar-refractivity contribution in [2.45, 2.75) is 37.8 Å². The van der Waals surface area contributed by atoms with E-state index in [9.17, 15) is 22.8 Å². The van der Waals surface area contributed by atoms with Crippen LogP contribution in [-0.2, 0) is 24.3 Å². The van der Waals surface area contributed by atoms with Crippen molar-refractivity contribution >= 4 is 27.9 Å². The highest BCUT2D eigenvalue weighted by Crippen LogP contribution is 2.11. The molecule has 1 aliphatic heterocycles. The Balaban J connectivity index is 1.97. The number of ether oxygens (including phenoxy) is 1. The molecule has 0 spiro atoms. The predicted molar refractivity (Wildman–Crippen MR) is 91.6 cm³/mol. The van der Waals surface area contributed by atoms with Gasteiger partial charge in [0.1, 0.15) is 6.04 Å². The second-order valence-corrected chi connectivity index (χ2v) is 7.67. The molecule has 1 aliphatic rings. The maximum atomic E-state index is 12.3. The number of rotatable bonds is 6. The molecule has 9 nitrogen and oxygen atoms in total. The summed E-state index contributed by atoms with van der Waals surface area (Å²) >= 11 is 0. The predicted octanol–water partition coefficient (Wildman–Crippen LogP) is 0.145. The van der Waals surface area contributed by atoms with Gasteiger partial charge in [0.15, 0.2) is 6.10 Å². The summed E-state index contributed by atoms with van der Waals surface area (Å²) in [7, 11) is -3.91.